The van der Waals surface area contributed by atoms with Crippen molar-refractivity contribution < 1.29 is 28.7 Å². The molecule has 1 aromatic heterocycles. The molecule has 0 saturated carbocycles. The van der Waals surface area contributed by atoms with Crippen LogP contribution in [0.1, 0.15) is 104 Å². The first-order valence-electron chi connectivity index (χ1n) is 18.3. The zero-order valence-electron chi connectivity index (χ0n) is 30.9. The van der Waals surface area contributed by atoms with Crippen LogP contribution in [0.2, 0.25) is 0 Å². The SMILES string of the molecule is Cc1ncsc1-c1ccc([C@H](CC(=O)NNC(=O)c2ccc3c(c2)[C@H](N)CC3)NC[C@@H]2C[C@@H](O)CN2C(=O)[C@@H](NC(=O)CCCCF)C(C)(C)C)cc1. The highest BCUT2D eigenvalue weighted by Gasteiger charge is 2.42. The van der Waals surface area contributed by atoms with Gasteiger partial charge in [-0.15, -0.1) is 11.3 Å². The fourth-order valence-corrected chi connectivity index (χ4v) is 7.84. The van der Waals surface area contributed by atoms with Crippen LogP contribution in [-0.4, -0.2) is 76.6 Å². The summed E-state index contributed by atoms with van der Waals surface area (Å²) in [6.07, 6.45) is 1.98. The molecule has 0 unspecified atom stereocenters. The Hall–Kier alpha value is -4.24. The Morgan fingerprint density at radius 3 is 2.51 bits per heavy atom. The number of alkyl halides is 1. The van der Waals surface area contributed by atoms with Crippen LogP contribution >= 0.6 is 11.3 Å². The highest BCUT2D eigenvalue weighted by atomic mass is 32.1. The number of aryl methyl sites for hydroxylation is 2. The third kappa shape index (κ3) is 10.3. The molecule has 2 heterocycles. The fourth-order valence-electron chi connectivity index (χ4n) is 7.03. The summed E-state index contributed by atoms with van der Waals surface area (Å²) in [5.41, 5.74) is 17.6. The molecule has 1 saturated heterocycles. The normalized spacial score (nSPS) is 19.4. The molecule has 1 aliphatic heterocycles. The van der Waals surface area contributed by atoms with E-state index < -0.39 is 48.1 Å². The third-order valence-electron chi connectivity index (χ3n) is 10.0. The first kappa shape index (κ1) is 40.0. The van der Waals surface area contributed by atoms with Gasteiger partial charge in [-0.05, 0) is 78.8 Å². The van der Waals surface area contributed by atoms with Crippen LogP contribution in [0.25, 0.3) is 10.4 Å². The van der Waals surface area contributed by atoms with E-state index in [2.05, 4.69) is 26.5 Å². The maximum atomic E-state index is 14.0. The van der Waals surface area contributed by atoms with Crippen molar-refractivity contribution >= 4 is 35.0 Å². The Balaban J connectivity index is 1.29. The van der Waals surface area contributed by atoms with Crippen molar-refractivity contribution in [1.82, 2.24) is 31.4 Å². The quantitative estimate of drug-likeness (QED) is 0.105. The summed E-state index contributed by atoms with van der Waals surface area (Å²) in [5, 5.41) is 17.0. The molecule has 53 heavy (non-hydrogen) atoms. The Kier molecular flexibility index (Phi) is 13.4. The molecule has 12 nitrogen and oxygen atoms in total. The number of aliphatic hydroxyl groups is 1. The highest BCUT2D eigenvalue weighted by molar-refractivity contribution is 7.13. The minimum absolute atomic E-state index is 0.0446. The van der Waals surface area contributed by atoms with Crippen LogP contribution in [0.5, 0.6) is 0 Å². The lowest BCUT2D eigenvalue weighted by atomic mass is 9.85. The Morgan fingerprint density at radius 1 is 1.08 bits per heavy atom. The van der Waals surface area contributed by atoms with Gasteiger partial charge in [0.1, 0.15) is 6.04 Å². The van der Waals surface area contributed by atoms with Crippen molar-refractivity contribution in [3.05, 3.63) is 75.9 Å². The Morgan fingerprint density at radius 2 is 1.83 bits per heavy atom. The van der Waals surface area contributed by atoms with E-state index in [0.717, 1.165) is 45.7 Å². The number of carbonyl (C=O) groups is 4. The predicted octanol–water partition coefficient (Wildman–Crippen LogP) is 4.18. The van der Waals surface area contributed by atoms with Gasteiger partial charge in [-0.25, -0.2) is 4.98 Å². The van der Waals surface area contributed by atoms with Crippen molar-refractivity contribution in [1.29, 1.82) is 0 Å². The van der Waals surface area contributed by atoms with E-state index in [1.165, 1.54) is 0 Å². The largest absolute Gasteiger partial charge is 0.391 e. The van der Waals surface area contributed by atoms with E-state index in [4.69, 9.17) is 5.73 Å². The molecule has 0 radical (unpaired) electrons. The maximum absolute atomic E-state index is 14.0. The first-order valence-corrected chi connectivity index (χ1v) is 19.2. The summed E-state index contributed by atoms with van der Waals surface area (Å²) in [4.78, 5) is 60.1. The zero-order chi connectivity index (χ0) is 38.3. The van der Waals surface area contributed by atoms with E-state index in [0.29, 0.717) is 18.4 Å². The lowest BCUT2D eigenvalue weighted by molar-refractivity contribution is -0.140. The van der Waals surface area contributed by atoms with Gasteiger partial charge in [0.2, 0.25) is 17.7 Å². The molecular formula is C39H52FN7O5S. The number of nitrogens with two attached hydrogens (primary N) is 1. The van der Waals surface area contributed by atoms with Crippen LogP contribution in [0.4, 0.5) is 4.39 Å². The van der Waals surface area contributed by atoms with Crippen LogP contribution < -0.4 is 27.2 Å². The average molecular weight is 750 g/mol. The Labute approximate surface area is 314 Å². The van der Waals surface area contributed by atoms with E-state index in [-0.39, 0.29) is 50.2 Å². The zero-order valence-corrected chi connectivity index (χ0v) is 31.7. The second-order valence-electron chi connectivity index (χ2n) is 15.2. The second kappa shape index (κ2) is 17.7. The molecule has 0 bridgehead atoms. The molecule has 1 aliphatic carbocycles. The van der Waals surface area contributed by atoms with Gasteiger partial charge >= 0.3 is 0 Å². The summed E-state index contributed by atoms with van der Waals surface area (Å²) in [5.74, 6) is -1.52. The molecule has 286 valence electrons. The van der Waals surface area contributed by atoms with Gasteiger partial charge in [0.15, 0.2) is 0 Å². The molecule has 2 aliphatic rings. The van der Waals surface area contributed by atoms with Gasteiger partial charge in [-0.2, -0.15) is 0 Å². The number of aliphatic hydroxyl groups excluding tert-OH is 1. The van der Waals surface area contributed by atoms with E-state index in [1.54, 1.807) is 33.9 Å². The van der Waals surface area contributed by atoms with Crippen LogP contribution in [-0.2, 0) is 20.8 Å². The molecule has 3 aromatic rings. The highest BCUT2D eigenvalue weighted by Crippen LogP contribution is 2.31. The number of likely N-dealkylation sites (tertiary alicyclic amines) is 1. The topological polar surface area (TPSA) is 179 Å². The standard InChI is InChI=1S/C39H52FN7O5S/c1-23-35(53-22-43-23)26-11-9-25(10-12-26)32(19-34(50)45-46-37(51)27-13-8-24-14-15-31(41)30(24)17-27)42-20-28-18-29(48)21-47(28)38(52)36(39(2,3)4)44-33(49)7-5-6-16-40/h8-13,17,22,28-29,31-32,36,42,48H,5-7,14-16,18-21,41H2,1-4H3,(H,44,49)(H,45,50)(H,46,51)/t28-,29+,31+,32-,36+/m0/s1. The van der Waals surface area contributed by atoms with Crippen molar-refractivity contribution in [2.24, 2.45) is 11.1 Å². The summed E-state index contributed by atoms with van der Waals surface area (Å²) < 4.78 is 12.6. The van der Waals surface area contributed by atoms with E-state index in [1.807, 2.05) is 58.0 Å². The molecule has 5 rings (SSSR count). The lowest BCUT2D eigenvalue weighted by Crippen LogP contribution is -2.57. The summed E-state index contributed by atoms with van der Waals surface area (Å²) in [7, 11) is 0. The van der Waals surface area contributed by atoms with Gasteiger partial charge in [0.25, 0.3) is 5.91 Å². The minimum atomic E-state index is -0.859. The predicted molar refractivity (Wildman–Crippen MR) is 202 cm³/mol. The van der Waals surface area contributed by atoms with Crippen LogP contribution in [0, 0.1) is 12.3 Å². The number of rotatable bonds is 14. The summed E-state index contributed by atoms with van der Waals surface area (Å²) >= 11 is 1.54. The molecule has 0 spiro atoms. The van der Waals surface area contributed by atoms with Gasteiger partial charge < -0.3 is 26.4 Å². The van der Waals surface area contributed by atoms with E-state index in [9.17, 15) is 28.7 Å². The smallest absolute Gasteiger partial charge is 0.269 e. The Bertz CT molecular complexity index is 1760. The molecular weight excluding hydrogens is 698 g/mol. The fraction of sp³-hybridized carbons (Fsp3) is 0.513. The third-order valence-corrected chi connectivity index (χ3v) is 11.0. The number of aromatic nitrogens is 1. The number of hydrogen-bond donors (Lipinski definition) is 6. The van der Waals surface area contributed by atoms with Crippen molar-refractivity contribution in [2.45, 2.75) is 103 Å². The number of nitrogens with zero attached hydrogens (tertiary/aromatic N) is 2. The number of benzene rings is 2. The van der Waals surface area contributed by atoms with Crippen molar-refractivity contribution in [3.63, 3.8) is 0 Å². The number of carbonyl (C=O) groups excluding carboxylic acids is 4. The summed E-state index contributed by atoms with van der Waals surface area (Å²) in [6, 6.07) is 11.3. The first-order chi connectivity index (χ1) is 25.2. The van der Waals surface area contributed by atoms with E-state index >= 15 is 0 Å². The number of halogens is 1. The van der Waals surface area contributed by atoms with Crippen LogP contribution in [0.3, 0.4) is 0 Å². The van der Waals surface area contributed by atoms with Crippen molar-refractivity contribution in [3.8, 4) is 10.4 Å². The van der Waals surface area contributed by atoms with Gasteiger partial charge in [-0.3, -0.25) is 34.4 Å². The average Bonchev–Trinajstić information content (AvgIpc) is 3.84. The molecule has 4 amide bonds. The molecule has 14 heteroatoms. The number of hydrogen-bond acceptors (Lipinski definition) is 9. The molecule has 1 fully saturated rings. The lowest BCUT2D eigenvalue weighted by Gasteiger charge is -2.36. The van der Waals surface area contributed by atoms with Crippen LogP contribution in [0.15, 0.2) is 48.0 Å². The number of β-amino-alcohol motifs (C(OH)–C–C–N with tert-alkyl or cyclic N) is 1. The van der Waals surface area contributed by atoms with Gasteiger partial charge in [0.05, 0.1) is 28.9 Å². The maximum Gasteiger partial charge on any atom is 0.269 e. The number of hydrazine groups is 1. The monoisotopic (exact) mass is 749 g/mol. The number of unbranched alkanes of at least 4 members (excludes halogenated alkanes) is 1. The van der Waals surface area contributed by atoms with Crippen molar-refractivity contribution in [2.75, 3.05) is 19.8 Å². The number of nitrogens with one attached hydrogen (secondary N) is 4. The number of thiazole rings is 1. The molecule has 7 N–H and O–H groups in total. The number of amides is 4. The van der Waals surface area contributed by atoms with Gasteiger partial charge in [-0.1, -0.05) is 51.1 Å². The molecule has 2 aromatic carbocycles. The molecule has 5 atom stereocenters. The minimum Gasteiger partial charge on any atom is -0.391 e. The number of fused-ring (bicyclic) bond motifs is 1. The van der Waals surface area contributed by atoms with Gasteiger partial charge in [0, 0.05) is 49.6 Å². The summed E-state index contributed by atoms with van der Waals surface area (Å²) in [6.45, 7) is 7.38. The second-order valence-corrected chi connectivity index (χ2v) is 16.0.